The third-order valence-corrected chi connectivity index (χ3v) is 3.67. The fourth-order valence-corrected chi connectivity index (χ4v) is 3.22. The molecule has 1 atom stereocenters. The normalized spacial score (nSPS) is 20.0. The Kier molecular flexibility index (Phi) is 4.59. The van der Waals surface area contributed by atoms with Gasteiger partial charge in [-0.15, -0.1) is 0 Å². The van der Waals surface area contributed by atoms with Gasteiger partial charge in [0, 0.05) is 27.1 Å². The maximum absolute atomic E-state index is 12.0. The molecule has 1 fully saturated rings. The molecule has 1 aliphatic rings. The third-order valence-electron chi connectivity index (χ3n) is 2.76. The summed E-state index contributed by atoms with van der Waals surface area (Å²) < 4.78 is 1.80. The van der Waals surface area contributed by atoms with Crippen molar-refractivity contribution in [3.8, 4) is 0 Å². The van der Waals surface area contributed by atoms with Crippen molar-refractivity contribution in [3.05, 3.63) is 32.7 Å². The molecule has 0 radical (unpaired) electrons. The molecule has 92 valence electrons. The van der Waals surface area contributed by atoms with Crippen LogP contribution in [-0.4, -0.2) is 25.0 Å². The van der Waals surface area contributed by atoms with Crippen molar-refractivity contribution >= 4 is 37.8 Å². The van der Waals surface area contributed by atoms with Gasteiger partial charge in [0.05, 0.1) is 0 Å². The third kappa shape index (κ3) is 3.79. The van der Waals surface area contributed by atoms with E-state index in [1.165, 1.54) is 0 Å². The van der Waals surface area contributed by atoms with Gasteiger partial charge < -0.3 is 10.6 Å². The van der Waals surface area contributed by atoms with E-state index in [0.29, 0.717) is 5.56 Å². The number of benzene rings is 1. The standard InChI is InChI=1S/C12H14Br2N2O/c13-9-4-8(5-10(14)6-9)12(17)16-11-2-1-3-15-7-11/h4-6,11,15H,1-3,7H2,(H,16,17). The fraction of sp³-hybridized carbons (Fsp3) is 0.417. The van der Waals surface area contributed by atoms with E-state index in [-0.39, 0.29) is 11.9 Å². The predicted molar refractivity (Wildman–Crippen MR) is 75.2 cm³/mol. The van der Waals surface area contributed by atoms with Crippen LogP contribution in [0.4, 0.5) is 0 Å². The van der Waals surface area contributed by atoms with Gasteiger partial charge in [0.15, 0.2) is 0 Å². The lowest BCUT2D eigenvalue weighted by atomic mass is 10.1. The Morgan fingerprint density at radius 3 is 2.59 bits per heavy atom. The van der Waals surface area contributed by atoms with Crippen molar-refractivity contribution in [2.45, 2.75) is 18.9 Å². The zero-order valence-corrected chi connectivity index (χ0v) is 12.5. The SMILES string of the molecule is O=C(NC1CCCNC1)c1cc(Br)cc(Br)c1. The lowest BCUT2D eigenvalue weighted by Gasteiger charge is -2.23. The summed E-state index contributed by atoms with van der Waals surface area (Å²) in [6, 6.07) is 5.82. The van der Waals surface area contributed by atoms with Gasteiger partial charge in [0.25, 0.3) is 5.91 Å². The molecule has 1 unspecified atom stereocenters. The summed E-state index contributed by atoms with van der Waals surface area (Å²) in [6.45, 7) is 1.91. The number of halogens is 2. The Morgan fingerprint density at radius 2 is 2.00 bits per heavy atom. The summed E-state index contributed by atoms with van der Waals surface area (Å²) in [4.78, 5) is 12.0. The van der Waals surface area contributed by atoms with E-state index in [1.54, 1.807) is 0 Å². The highest BCUT2D eigenvalue weighted by Gasteiger charge is 2.16. The summed E-state index contributed by atoms with van der Waals surface area (Å²) in [6.07, 6.45) is 2.17. The van der Waals surface area contributed by atoms with Crippen molar-refractivity contribution in [3.63, 3.8) is 0 Å². The number of hydrogen-bond acceptors (Lipinski definition) is 2. The van der Waals surface area contributed by atoms with E-state index in [4.69, 9.17) is 0 Å². The van der Waals surface area contributed by atoms with Crippen LogP contribution in [0.15, 0.2) is 27.1 Å². The molecule has 1 heterocycles. The molecule has 17 heavy (non-hydrogen) atoms. The average Bonchev–Trinajstić information content (AvgIpc) is 2.29. The Morgan fingerprint density at radius 1 is 1.29 bits per heavy atom. The van der Waals surface area contributed by atoms with E-state index in [0.717, 1.165) is 34.9 Å². The van der Waals surface area contributed by atoms with Crippen LogP contribution >= 0.6 is 31.9 Å². The monoisotopic (exact) mass is 360 g/mol. The Labute approximate surface area is 118 Å². The summed E-state index contributed by atoms with van der Waals surface area (Å²) >= 11 is 6.77. The van der Waals surface area contributed by atoms with Gasteiger partial charge in [0.1, 0.15) is 0 Å². The number of piperidine rings is 1. The molecular weight excluding hydrogens is 348 g/mol. The molecular formula is C12H14Br2N2O. The summed E-state index contributed by atoms with van der Waals surface area (Å²) in [5, 5.41) is 6.33. The van der Waals surface area contributed by atoms with E-state index in [9.17, 15) is 4.79 Å². The maximum atomic E-state index is 12.0. The van der Waals surface area contributed by atoms with Crippen molar-refractivity contribution in [1.82, 2.24) is 10.6 Å². The summed E-state index contributed by atoms with van der Waals surface area (Å²) in [7, 11) is 0. The molecule has 1 aliphatic heterocycles. The number of amides is 1. The quantitative estimate of drug-likeness (QED) is 0.850. The molecule has 0 saturated carbocycles. The van der Waals surface area contributed by atoms with E-state index >= 15 is 0 Å². The predicted octanol–water partition coefficient (Wildman–Crippen LogP) is 2.69. The molecule has 1 amide bonds. The first-order valence-corrected chi connectivity index (χ1v) is 7.21. The number of carbonyl (C=O) groups is 1. The Bertz CT molecular complexity index is 397. The minimum absolute atomic E-state index is 0.0132. The summed E-state index contributed by atoms with van der Waals surface area (Å²) in [5.41, 5.74) is 0.678. The fourth-order valence-electron chi connectivity index (χ4n) is 1.93. The molecule has 1 saturated heterocycles. The van der Waals surface area contributed by atoms with Gasteiger partial charge in [0.2, 0.25) is 0 Å². The minimum atomic E-state index is -0.0132. The number of rotatable bonds is 2. The molecule has 1 aromatic rings. The topological polar surface area (TPSA) is 41.1 Å². The lowest BCUT2D eigenvalue weighted by Crippen LogP contribution is -2.45. The van der Waals surface area contributed by atoms with Crippen LogP contribution in [0, 0.1) is 0 Å². The van der Waals surface area contributed by atoms with E-state index in [1.807, 2.05) is 18.2 Å². The molecule has 5 heteroatoms. The van der Waals surface area contributed by atoms with Crippen LogP contribution in [-0.2, 0) is 0 Å². The first-order chi connectivity index (χ1) is 8.15. The Balaban J connectivity index is 2.03. The van der Waals surface area contributed by atoms with Gasteiger partial charge in [-0.1, -0.05) is 31.9 Å². The maximum Gasteiger partial charge on any atom is 0.251 e. The molecule has 0 aliphatic carbocycles. The highest BCUT2D eigenvalue weighted by atomic mass is 79.9. The van der Waals surface area contributed by atoms with Crippen molar-refractivity contribution in [2.24, 2.45) is 0 Å². The Hall–Kier alpha value is -0.390. The lowest BCUT2D eigenvalue weighted by molar-refractivity contribution is 0.0930. The van der Waals surface area contributed by atoms with Crippen LogP contribution in [0.5, 0.6) is 0 Å². The molecule has 0 aromatic heterocycles. The largest absolute Gasteiger partial charge is 0.348 e. The number of hydrogen-bond donors (Lipinski definition) is 2. The summed E-state index contributed by atoms with van der Waals surface area (Å²) in [5.74, 6) is -0.0132. The zero-order chi connectivity index (χ0) is 12.3. The molecule has 1 aromatic carbocycles. The molecule has 0 bridgehead atoms. The zero-order valence-electron chi connectivity index (χ0n) is 9.30. The second-order valence-corrected chi connectivity index (χ2v) is 6.01. The van der Waals surface area contributed by atoms with Crippen LogP contribution in [0.1, 0.15) is 23.2 Å². The van der Waals surface area contributed by atoms with Gasteiger partial charge >= 0.3 is 0 Å². The smallest absolute Gasteiger partial charge is 0.251 e. The number of carbonyl (C=O) groups excluding carboxylic acids is 1. The molecule has 2 N–H and O–H groups in total. The molecule has 2 rings (SSSR count). The van der Waals surface area contributed by atoms with Crippen molar-refractivity contribution in [2.75, 3.05) is 13.1 Å². The first kappa shape index (κ1) is 13.1. The molecule has 0 spiro atoms. The van der Waals surface area contributed by atoms with Crippen molar-refractivity contribution < 1.29 is 4.79 Å². The minimum Gasteiger partial charge on any atom is -0.348 e. The van der Waals surface area contributed by atoms with Crippen LogP contribution in [0.2, 0.25) is 0 Å². The van der Waals surface area contributed by atoms with Gasteiger partial charge in [-0.25, -0.2) is 0 Å². The highest BCUT2D eigenvalue weighted by Crippen LogP contribution is 2.20. The van der Waals surface area contributed by atoms with Crippen LogP contribution < -0.4 is 10.6 Å². The average molecular weight is 362 g/mol. The van der Waals surface area contributed by atoms with Crippen molar-refractivity contribution in [1.29, 1.82) is 0 Å². The van der Waals surface area contributed by atoms with Crippen LogP contribution in [0.3, 0.4) is 0 Å². The van der Waals surface area contributed by atoms with Crippen LogP contribution in [0.25, 0.3) is 0 Å². The van der Waals surface area contributed by atoms with E-state index in [2.05, 4.69) is 42.5 Å². The number of nitrogens with one attached hydrogen (secondary N) is 2. The first-order valence-electron chi connectivity index (χ1n) is 5.63. The van der Waals surface area contributed by atoms with Gasteiger partial charge in [-0.2, -0.15) is 0 Å². The second-order valence-electron chi connectivity index (χ2n) is 4.17. The highest BCUT2D eigenvalue weighted by molar-refractivity contribution is 9.11. The molecule has 3 nitrogen and oxygen atoms in total. The van der Waals surface area contributed by atoms with Gasteiger partial charge in [-0.3, -0.25) is 4.79 Å². The van der Waals surface area contributed by atoms with Gasteiger partial charge in [-0.05, 0) is 37.6 Å². The van der Waals surface area contributed by atoms with E-state index < -0.39 is 0 Å². The second kappa shape index (κ2) is 5.98.